The Morgan fingerprint density at radius 3 is 2.48 bits per heavy atom. The first-order valence-electron chi connectivity index (χ1n) is 7.94. The van der Waals surface area contributed by atoms with Crippen LogP contribution in [0.5, 0.6) is 0 Å². The number of thiazole rings is 1. The van der Waals surface area contributed by atoms with Crippen LogP contribution in [-0.4, -0.2) is 32.4 Å². The lowest BCUT2D eigenvalue weighted by Gasteiger charge is -2.22. The van der Waals surface area contributed by atoms with Gasteiger partial charge in [-0.3, -0.25) is 4.79 Å². The van der Waals surface area contributed by atoms with Gasteiger partial charge in [0, 0.05) is 18.1 Å². The molecular weight excluding hydrogens is 358 g/mol. The molecule has 1 aromatic heterocycles. The van der Waals surface area contributed by atoms with E-state index in [-0.39, 0.29) is 27.9 Å². The van der Waals surface area contributed by atoms with E-state index in [0.29, 0.717) is 6.54 Å². The molecule has 0 unspecified atom stereocenters. The van der Waals surface area contributed by atoms with Gasteiger partial charge in [-0.1, -0.05) is 39.0 Å². The summed E-state index contributed by atoms with van der Waals surface area (Å²) in [6.07, 6.45) is 2.33. The number of aromatic nitrogens is 1. The number of anilines is 1. The lowest BCUT2D eigenvalue weighted by atomic mass is 9.92. The quantitative estimate of drug-likeness (QED) is 0.800. The minimum atomic E-state index is -3.85. The standard InChI is InChI=1S/C17H23N3O3S2/c1-17(2,3)9-10-18-15(21)13-20(16-19-11-12-24-16)25(22,23)14-7-5-4-6-8-14/h4-8,11-12H,9-10,13H2,1-3H3,(H,18,21). The number of amides is 1. The third-order valence-electron chi connectivity index (χ3n) is 3.45. The molecule has 0 spiro atoms. The van der Waals surface area contributed by atoms with E-state index >= 15 is 0 Å². The first-order chi connectivity index (χ1) is 11.7. The maximum absolute atomic E-state index is 12.9. The molecule has 0 saturated carbocycles. The minimum absolute atomic E-state index is 0.0956. The van der Waals surface area contributed by atoms with E-state index < -0.39 is 10.0 Å². The number of nitrogens with zero attached hydrogens (tertiary/aromatic N) is 2. The van der Waals surface area contributed by atoms with Crippen molar-refractivity contribution in [1.82, 2.24) is 10.3 Å². The zero-order valence-electron chi connectivity index (χ0n) is 14.6. The Labute approximate surface area is 153 Å². The van der Waals surface area contributed by atoms with E-state index in [9.17, 15) is 13.2 Å². The highest BCUT2D eigenvalue weighted by atomic mass is 32.2. The van der Waals surface area contributed by atoms with Gasteiger partial charge in [-0.05, 0) is 24.0 Å². The third kappa shape index (κ3) is 5.54. The van der Waals surface area contributed by atoms with Gasteiger partial charge in [0.15, 0.2) is 5.13 Å². The molecule has 0 aliphatic carbocycles. The molecule has 8 heteroatoms. The third-order valence-corrected chi connectivity index (χ3v) is 6.11. The van der Waals surface area contributed by atoms with Crippen LogP contribution in [0.4, 0.5) is 5.13 Å². The van der Waals surface area contributed by atoms with Crippen LogP contribution in [0.3, 0.4) is 0 Å². The van der Waals surface area contributed by atoms with E-state index in [4.69, 9.17) is 0 Å². The predicted molar refractivity (Wildman–Crippen MR) is 100 cm³/mol. The topological polar surface area (TPSA) is 79.4 Å². The van der Waals surface area contributed by atoms with Gasteiger partial charge in [-0.15, -0.1) is 11.3 Å². The SMILES string of the molecule is CC(C)(C)CCNC(=O)CN(c1nccs1)S(=O)(=O)c1ccccc1. The molecule has 25 heavy (non-hydrogen) atoms. The normalized spacial score (nSPS) is 12.0. The first-order valence-corrected chi connectivity index (χ1v) is 10.3. The molecule has 0 aliphatic rings. The molecule has 0 atom stereocenters. The zero-order valence-corrected chi connectivity index (χ0v) is 16.2. The van der Waals surface area contributed by atoms with Crippen molar-refractivity contribution in [2.45, 2.75) is 32.1 Å². The molecule has 2 rings (SSSR count). The molecule has 1 heterocycles. The van der Waals surface area contributed by atoms with Crippen LogP contribution in [0.2, 0.25) is 0 Å². The Hall–Kier alpha value is -1.93. The zero-order chi connectivity index (χ0) is 18.5. The minimum Gasteiger partial charge on any atom is -0.355 e. The Balaban J connectivity index is 2.17. The highest BCUT2D eigenvalue weighted by Crippen LogP contribution is 2.25. The van der Waals surface area contributed by atoms with Crippen LogP contribution in [0.15, 0.2) is 46.8 Å². The highest BCUT2D eigenvalue weighted by molar-refractivity contribution is 7.93. The Morgan fingerprint density at radius 2 is 1.92 bits per heavy atom. The van der Waals surface area contributed by atoms with Gasteiger partial charge in [-0.2, -0.15) is 0 Å². The van der Waals surface area contributed by atoms with Gasteiger partial charge < -0.3 is 5.32 Å². The summed E-state index contributed by atoms with van der Waals surface area (Å²) in [5, 5.41) is 4.74. The fourth-order valence-electron chi connectivity index (χ4n) is 2.08. The summed E-state index contributed by atoms with van der Waals surface area (Å²) in [7, 11) is -3.85. The van der Waals surface area contributed by atoms with Crippen LogP contribution in [0.25, 0.3) is 0 Å². The fraction of sp³-hybridized carbons (Fsp3) is 0.412. The van der Waals surface area contributed by atoms with Crippen molar-refractivity contribution in [1.29, 1.82) is 0 Å². The number of nitrogens with one attached hydrogen (secondary N) is 1. The lowest BCUT2D eigenvalue weighted by Crippen LogP contribution is -2.41. The highest BCUT2D eigenvalue weighted by Gasteiger charge is 2.28. The van der Waals surface area contributed by atoms with E-state index in [1.807, 2.05) is 0 Å². The van der Waals surface area contributed by atoms with Crippen LogP contribution in [0, 0.1) is 5.41 Å². The molecule has 1 N–H and O–H groups in total. The Bertz CT molecular complexity index is 782. The second kappa shape index (κ2) is 7.97. The van der Waals surface area contributed by atoms with Crippen LogP contribution in [0.1, 0.15) is 27.2 Å². The van der Waals surface area contributed by atoms with E-state index in [0.717, 1.165) is 10.7 Å². The summed E-state index contributed by atoms with van der Waals surface area (Å²) in [5.74, 6) is -0.348. The maximum atomic E-state index is 12.9. The number of hydrogen-bond acceptors (Lipinski definition) is 5. The molecule has 6 nitrogen and oxygen atoms in total. The van der Waals surface area contributed by atoms with Gasteiger partial charge in [0.1, 0.15) is 6.54 Å². The molecule has 0 bridgehead atoms. The second-order valence-corrected chi connectivity index (χ2v) is 9.54. The molecule has 1 amide bonds. The van der Waals surface area contributed by atoms with Gasteiger partial charge in [0.05, 0.1) is 4.90 Å². The van der Waals surface area contributed by atoms with Crippen LogP contribution < -0.4 is 9.62 Å². The van der Waals surface area contributed by atoms with Crippen molar-refractivity contribution >= 4 is 32.4 Å². The summed E-state index contributed by atoms with van der Waals surface area (Å²) in [6.45, 7) is 6.46. The van der Waals surface area contributed by atoms with Crippen LogP contribution >= 0.6 is 11.3 Å². The van der Waals surface area contributed by atoms with E-state index in [2.05, 4.69) is 31.1 Å². The molecule has 2 aromatic rings. The van der Waals surface area contributed by atoms with Gasteiger partial charge in [0.25, 0.3) is 10.0 Å². The smallest absolute Gasteiger partial charge is 0.266 e. The number of carbonyl (C=O) groups is 1. The average molecular weight is 382 g/mol. The van der Waals surface area contributed by atoms with E-state index in [1.54, 1.807) is 23.6 Å². The summed E-state index contributed by atoms with van der Waals surface area (Å²) < 4.78 is 26.9. The molecule has 0 saturated heterocycles. The Morgan fingerprint density at radius 1 is 1.24 bits per heavy atom. The monoisotopic (exact) mass is 381 g/mol. The van der Waals surface area contributed by atoms with Crippen molar-refractivity contribution in [3.63, 3.8) is 0 Å². The number of sulfonamides is 1. The lowest BCUT2D eigenvalue weighted by molar-refractivity contribution is -0.119. The summed E-state index contributed by atoms with van der Waals surface area (Å²) >= 11 is 1.18. The number of rotatable bonds is 7. The van der Waals surface area contributed by atoms with Crippen molar-refractivity contribution in [3.8, 4) is 0 Å². The summed E-state index contributed by atoms with van der Waals surface area (Å²) in [6, 6.07) is 8.06. The molecular formula is C17H23N3O3S2. The number of hydrogen-bond donors (Lipinski definition) is 1. The second-order valence-electron chi connectivity index (χ2n) is 6.80. The number of benzene rings is 1. The molecule has 0 aliphatic heterocycles. The van der Waals surface area contributed by atoms with Crippen molar-refractivity contribution in [2.24, 2.45) is 5.41 Å². The van der Waals surface area contributed by atoms with E-state index in [1.165, 1.54) is 29.7 Å². The number of carbonyl (C=O) groups excluding carboxylic acids is 1. The largest absolute Gasteiger partial charge is 0.355 e. The first kappa shape index (κ1) is 19.4. The summed E-state index contributed by atoms with van der Waals surface area (Å²) in [5.41, 5.74) is 0.0956. The maximum Gasteiger partial charge on any atom is 0.266 e. The fourth-order valence-corrected chi connectivity index (χ4v) is 4.34. The predicted octanol–water partition coefficient (Wildman–Crippen LogP) is 2.89. The molecule has 0 fully saturated rings. The van der Waals surface area contributed by atoms with Gasteiger partial charge in [-0.25, -0.2) is 17.7 Å². The van der Waals surface area contributed by atoms with Crippen LogP contribution in [-0.2, 0) is 14.8 Å². The van der Waals surface area contributed by atoms with Crippen molar-refractivity contribution in [3.05, 3.63) is 41.9 Å². The van der Waals surface area contributed by atoms with Gasteiger partial charge in [0.2, 0.25) is 5.91 Å². The molecule has 1 aromatic carbocycles. The van der Waals surface area contributed by atoms with Crippen molar-refractivity contribution in [2.75, 3.05) is 17.4 Å². The van der Waals surface area contributed by atoms with Crippen molar-refractivity contribution < 1.29 is 13.2 Å². The summed E-state index contributed by atoms with van der Waals surface area (Å²) in [4.78, 5) is 16.5. The Kier molecular flexibility index (Phi) is 6.18. The molecule has 136 valence electrons. The average Bonchev–Trinajstić information content (AvgIpc) is 3.06. The van der Waals surface area contributed by atoms with Gasteiger partial charge >= 0.3 is 0 Å². The molecule has 0 radical (unpaired) electrons.